The van der Waals surface area contributed by atoms with Crippen LogP contribution >= 0.6 is 0 Å². The van der Waals surface area contributed by atoms with Crippen LogP contribution in [-0.2, 0) is 9.84 Å². The third-order valence-electron chi connectivity index (χ3n) is 3.94. The van der Waals surface area contributed by atoms with Gasteiger partial charge in [0.25, 0.3) is 5.91 Å². The summed E-state index contributed by atoms with van der Waals surface area (Å²) in [5.41, 5.74) is 1.21. The predicted molar refractivity (Wildman–Crippen MR) is 91.3 cm³/mol. The lowest BCUT2D eigenvalue weighted by atomic mass is 10.2. The Morgan fingerprint density at radius 1 is 1.48 bits per heavy atom. The third-order valence-corrected chi connectivity index (χ3v) is 5.69. The zero-order chi connectivity index (χ0) is 17.0. The van der Waals surface area contributed by atoms with Crippen molar-refractivity contribution in [2.75, 3.05) is 29.9 Å². The van der Waals surface area contributed by atoms with Crippen LogP contribution in [0.3, 0.4) is 0 Å². The van der Waals surface area contributed by atoms with Crippen LogP contribution < -0.4 is 5.32 Å². The number of amides is 1. The minimum absolute atomic E-state index is 0.0534. The molecular weight excluding hydrogens is 314 g/mol. The van der Waals surface area contributed by atoms with Crippen molar-refractivity contribution in [3.8, 4) is 0 Å². The van der Waals surface area contributed by atoms with Gasteiger partial charge >= 0.3 is 0 Å². The summed E-state index contributed by atoms with van der Waals surface area (Å²) in [6.07, 6.45) is 2.11. The lowest BCUT2D eigenvalue weighted by Crippen LogP contribution is -2.41. The highest BCUT2D eigenvalue weighted by atomic mass is 32.2. The van der Waals surface area contributed by atoms with E-state index in [0.717, 1.165) is 12.2 Å². The number of nitrogens with zero attached hydrogens (tertiary/aromatic N) is 2. The minimum Gasteiger partial charge on any atom is -0.385 e. The Morgan fingerprint density at radius 2 is 2.22 bits per heavy atom. The summed E-state index contributed by atoms with van der Waals surface area (Å²) in [5, 5.41) is 3.27. The maximum atomic E-state index is 12.7. The van der Waals surface area contributed by atoms with Crippen molar-refractivity contribution >= 4 is 21.4 Å². The summed E-state index contributed by atoms with van der Waals surface area (Å²) < 4.78 is 23.3. The van der Waals surface area contributed by atoms with E-state index in [1.165, 1.54) is 0 Å². The van der Waals surface area contributed by atoms with Crippen molar-refractivity contribution < 1.29 is 13.2 Å². The molecule has 0 spiro atoms. The van der Waals surface area contributed by atoms with E-state index in [9.17, 15) is 13.2 Å². The number of rotatable bonds is 6. The number of aromatic nitrogens is 1. The van der Waals surface area contributed by atoms with Crippen LogP contribution in [0.2, 0.25) is 0 Å². The Labute approximate surface area is 138 Å². The molecule has 7 heteroatoms. The van der Waals surface area contributed by atoms with E-state index >= 15 is 0 Å². The van der Waals surface area contributed by atoms with Crippen molar-refractivity contribution in [3.05, 3.63) is 24.0 Å². The van der Waals surface area contributed by atoms with Crippen LogP contribution in [0.1, 0.15) is 37.7 Å². The van der Waals surface area contributed by atoms with Crippen LogP contribution in [0.15, 0.2) is 18.3 Å². The average molecular weight is 339 g/mol. The maximum Gasteiger partial charge on any atom is 0.272 e. The molecule has 128 valence electrons. The second-order valence-corrected chi connectivity index (χ2v) is 8.58. The number of pyridine rings is 1. The van der Waals surface area contributed by atoms with E-state index in [0.29, 0.717) is 24.6 Å². The topological polar surface area (TPSA) is 79.4 Å². The molecule has 1 aromatic heterocycles. The number of hydrogen-bond donors (Lipinski definition) is 1. The van der Waals surface area contributed by atoms with Gasteiger partial charge in [0.15, 0.2) is 9.84 Å². The highest BCUT2D eigenvalue weighted by Gasteiger charge is 2.34. The molecule has 1 amide bonds. The smallest absolute Gasteiger partial charge is 0.272 e. The molecule has 0 bridgehead atoms. The second kappa shape index (κ2) is 7.29. The van der Waals surface area contributed by atoms with Gasteiger partial charge in [-0.05, 0) is 31.4 Å². The van der Waals surface area contributed by atoms with Gasteiger partial charge in [-0.3, -0.25) is 9.78 Å². The van der Waals surface area contributed by atoms with Crippen molar-refractivity contribution in [2.24, 2.45) is 5.92 Å². The first-order valence-electron chi connectivity index (χ1n) is 8.03. The number of sulfone groups is 1. The van der Waals surface area contributed by atoms with E-state index in [1.807, 2.05) is 13.0 Å². The van der Waals surface area contributed by atoms with E-state index in [4.69, 9.17) is 0 Å². The highest BCUT2D eigenvalue weighted by Crippen LogP contribution is 2.20. The molecule has 0 aliphatic carbocycles. The number of carbonyl (C=O) groups excluding carboxylic acids is 1. The van der Waals surface area contributed by atoms with Crippen molar-refractivity contribution in [2.45, 2.75) is 33.2 Å². The number of anilines is 1. The maximum absolute atomic E-state index is 12.7. The number of carbonyl (C=O) groups is 1. The van der Waals surface area contributed by atoms with Crippen molar-refractivity contribution in [1.29, 1.82) is 0 Å². The molecule has 1 saturated heterocycles. The van der Waals surface area contributed by atoms with Crippen molar-refractivity contribution in [3.63, 3.8) is 0 Å². The first-order valence-corrected chi connectivity index (χ1v) is 9.86. The van der Waals surface area contributed by atoms with Gasteiger partial charge in [0, 0.05) is 31.0 Å². The average Bonchev–Trinajstić information content (AvgIpc) is 2.86. The number of hydrogen-bond acceptors (Lipinski definition) is 5. The van der Waals surface area contributed by atoms with Crippen LogP contribution in [0.25, 0.3) is 0 Å². The molecule has 1 atom stereocenters. The standard InChI is InChI=1S/C16H25N3O3S/c1-4-19(14-6-8-23(21,22)11-14)16(20)15-9-13(5-7-17-15)18-10-12(2)3/h5,7,9,12,14H,4,6,8,10-11H2,1-3H3,(H,17,18). The molecule has 2 heterocycles. The van der Waals surface area contributed by atoms with Gasteiger partial charge in [-0.25, -0.2) is 8.42 Å². The Bertz CT molecular complexity index is 658. The van der Waals surface area contributed by atoms with Crippen LogP contribution in [0.4, 0.5) is 5.69 Å². The molecule has 1 aromatic rings. The molecule has 1 aliphatic rings. The Morgan fingerprint density at radius 3 is 2.78 bits per heavy atom. The molecular formula is C16H25N3O3S. The molecule has 0 saturated carbocycles. The Hall–Kier alpha value is -1.63. The molecule has 0 radical (unpaired) electrons. The molecule has 23 heavy (non-hydrogen) atoms. The van der Waals surface area contributed by atoms with E-state index < -0.39 is 9.84 Å². The van der Waals surface area contributed by atoms with Crippen LogP contribution in [-0.4, -0.2) is 54.8 Å². The molecule has 0 aromatic carbocycles. The van der Waals surface area contributed by atoms with Crippen LogP contribution in [0, 0.1) is 5.92 Å². The fraction of sp³-hybridized carbons (Fsp3) is 0.625. The van der Waals surface area contributed by atoms with E-state index in [-0.39, 0.29) is 23.5 Å². The molecule has 1 fully saturated rings. The first kappa shape index (κ1) is 17.7. The fourth-order valence-electron chi connectivity index (χ4n) is 2.72. The molecule has 1 unspecified atom stereocenters. The van der Waals surface area contributed by atoms with Gasteiger partial charge < -0.3 is 10.2 Å². The van der Waals surface area contributed by atoms with Gasteiger partial charge in [-0.15, -0.1) is 0 Å². The van der Waals surface area contributed by atoms with E-state index in [1.54, 1.807) is 17.2 Å². The van der Waals surface area contributed by atoms with Gasteiger partial charge in [-0.2, -0.15) is 0 Å². The lowest BCUT2D eigenvalue weighted by molar-refractivity contribution is 0.0702. The quantitative estimate of drug-likeness (QED) is 0.855. The van der Waals surface area contributed by atoms with Crippen LogP contribution in [0.5, 0.6) is 0 Å². The number of nitrogens with one attached hydrogen (secondary N) is 1. The Kier molecular flexibility index (Phi) is 5.62. The summed E-state index contributed by atoms with van der Waals surface area (Å²) in [6.45, 7) is 7.38. The Balaban J connectivity index is 2.13. The van der Waals surface area contributed by atoms with Gasteiger partial charge in [0.1, 0.15) is 5.69 Å². The first-order chi connectivity index (χ1) is 10.8. The van der Waals surface area contributed by atoms with Crippen molar-refractivity contribution in [1.82, 2.24) is 9.88 Å². The fourth-order valence-corrected chi connectivity index (χ4v) is 4.45. The monoisotopic (exact) mass is 339 g/mol. The summed E-state index contributed by atoms with van der Waals surface area (Å²) >= 11 is 0. The second-order valence-electron chi connectivity index (χ2n) is 6.35. The molecule has 2 rings (SSSR count). The molecule has 1 N–H and O–H groups in total. The van der Waals surface area contributed by atoms with E-state index in [2.05, 4.69) is 24.1 Å². The zero-order valence-electron chi connectivity index (χ0n) is 13.9. The SMILES string of the molecule is CCN(C(=O)c1cc(NCC(C)C)ccn1)C1CCS(=O)(=O)C1. The lowest BCUT2D eigenvalue weighted by Gasteiger charge is -2.26. The largest absolute Gasteiger partial charge is 0.385 e. The summed E-state index contributed by atoms with van der Waals surface area (Å²) in [6, 6.07) is 3.32. The molecule has 1 aliphatic heterocycles. The normalized spacial score (nSPS) is 19.7. The minimum atomic E-state index is -3.02. The summed E-state index contributed by atoms with van der Waals surface area (Å²) in [4.78, 5) is 18.5. The predicted octanol–water partition coefficient (Wildman–Crippen LogP) is 1.80. The summed E-state index contributed by atoms with van der Waals surface area (Å²) in [7, 11) is -3.02. The zero-order valence-corrected chi connectivity index (χ0v) is 14.8. The van der Waals surface area contributed by atoms with Gasteiger partial charge in [0.2, 0.25) is 0 Å². The third kappa shape index (κ3) is 4.67. The van der Waals surface area contributed by atoms with Gasteiger partial charge in [-0.1, -0.05) is 13.8 Å². The summed E-state index contributed by atoms with van der Waals surface area (Å²) in [5.74, 6) is 0.504. The van der Waals surface area contributed by atoms with Gasteiger partial charge in [0.05, 0.1) is 11.5 Å². The highest BCUT2D eigenvalue weighted by molar-refractivity contribution is 7.91. The molecule has 6 nitrogen and oxygen atoms in total.